The minimum atomic E-state index is -1.25. The molecule has 0 aromatic heterocycles. The number of amides is 4. The number of nitrogens with one attached hydrogen (secondary N) is 2. The molecule has 0 radical (unpaired) electrons. The summed E-state index contributed by atoms with van der Waals surface area (Å²) in [6, 6.07) is 27.9. The monoisotopic (exact) mass is 715 g/mol. The van der Waals surface area contributed by atoms with E-state index < -0.39 is 26.1 Å². The van der Waals surface area contributed by atoms with Crippen LogP contribution in [0.1, 0.15) is 76.3 Å². The van der Waals surface area contributed by atoms with Crippen molar-refractivity contribution in [1.29, 1.82) is 0 Å². The first-order valence-corrected chi connectivity index (χ1v) is 19.2. The highest BCUT2D eigenvalue weighted by Gasteiger charge is 2.47. The van der Waals surface area contributed by atoms with Crippen LogP contribution in [0.15, 0.2) is 91.0 Å². The molecule has 1 saturated heterocycles. The number of likely N-dealkylation sites (tertiary alicyclic amines) is 1. The van der Waals surface area contributed by atoms with E-state index in [-0.39, 0.29) is 43.0 Å². The van der Waals surface area contributed by atoms with Gasteiger partial charge in [-0.1, -0.05) is 97.3 Å². The topological polar surface area (TPSA) is 125 Å². The van der Waals surface area contributed by atoms with Crippen molar-refractivity contribution in [3.8, 4) is 0 Å². The number of hydrogen-bond donors (Lipinski definition) is 2. The second-order valence-corrected chi connectivity index (χ2v) is 14.2. The van der Waals surface area contributed by atoms with Crippen LogP contribution in [0.4, 0.5) is 10.5 Å². The Labute approximate surface area is 303 Å². The van der Waals surface area contributed by atoms with Crippen LogP contribution in [-0.2, 0) is 36.7 Å². The standard InChI is InChI=1S/C40H51N4O6P/c1-31(2)28-40(38(47)42-34-21-10-5-11-22-34,44(30-51-49)36(45)24-14-20-32-16-6-3-7-17-32)25-12-13-26-41-37(46)35-23-15-27-43(35)39(48)50-29-33-18-8-4-9-19-33/h3-11,16-19,21-22,31,35H,12-15,20,23-30H2,1-2H3,(H,41,46)(H,42,47)/p+1/t35-,40-/m0/s1. The van der Waals surface area contributed by atoms with Crippen molar-refractivity contribution < 1.29 is 28.5 Å². The van der Waals surface area contributed by atoms with Gasteiger partial charge in [0.25, 0.3) is 5.91 Å². The van der Waals surface area contributed by atoms with Crippen molar-refractivity contribution in [3.05, 3.63) is 102 Å². The fourth-order valence-electron chi connectivity index (χ4n) is 6.82. The van der Waals surface area contributed by atoms with Gasteiger partial charge in [-0.05, 0) is 80.5 Å². The lowest BCUT2D eigenvalue weighted by Crippen LogP contribution is -2.59. The number of hydrogen-bond acceptors (Lipinski definition) is 6. The molecule has 1 heterocycles. The van der Waals surface area contributed by atoms with E-state index in [0.29, 0.717) is 63.7 Å². The Hall–Kier alpha value is -4.56. The molecule has 0 spiro atoms. The molecule has 3 aromatic rings. The molecule has 272 valence electrons. The second-order valence-electron chi connectivity index (χ2n) is 13.6. The average Bonchev–Trinajstić information content (AvgIpc) is 3.64. The molecule has 10 nitrogen and oxygen atoms in total. The van der Waals surface area contributed by atoms with Crippen LogP contribution in [0.25, 0.3) is 0 Å². The number of ether oxygens (including phenoxy) is 1. The minimum Gasteiger partial charge on any atom is -0.445 e. The second kappa shape index (κ2) is 20.3. The van der Waals surface area contributed by atoms with Gasteiger partial charge in [-0.25, -0.2) is 4.79 Å². The highest BCUT2D eigenvalue weighted by Crippen LogP contribution is 2.34. The molecule has 4 rings (SSSR count). The Kier molecular flexibility index (Phi) is 15.6. The summed E-state index contributed by atoms with van der Waals surface area (Å²) in [6.07, 6.45) is 4.04. The molecule has 1 unspecified atom stereocenters. The van der Waals surface area contributed by atoms with Crippen molar-refractivity contribution in [1.82, 2.24) is 15.1 Å². The van der Waals surface area contributed by atoms with Crippen LogP contribution in [0.5, 0.6) is 0 Å². The fraction of sp³-hybridized carbons (Fsp3) is 0.450. The summed E-state index contributed by atoms with van der Waals surface area (Å²) in [5, 5.41) is 6.03. The van der Waals surface area contributed by atoms with Crippen molar-refractivity contribution in [3.63, 3.8) is 0 Å². The molecular formula is C40H52N4O6P+. The molecule has 3 aromatic carbocycles. The Morgan fingerprint density at radius 2 is 1.55 bits per heavy atom. The van der Waals surface area contributed by atoms with Crippen LogP contribution in [0, 0.1) is 5.92 Å². The van der Waals surface area contributed by atoms with Crippen LogP contribution < -0.4 is 10.6 Å². The van der Waals surface area contributed by atoms with E-state index >= 15 is 0 Å². The SMILES string of the molecule is CC(C)C[C@@](CCCCNC(=O)[C@@H]1CCCN1C(=O)OCc1ccccc1)(C(=O)Nc1ccccc1)N(C[PH+]=O)C(=O)CCCc1ccccc1. The molecular weight excluding hydrogens is 663 g/mol. The number of para-hydroxylation sites is 1. The molecule has 3 atom stereocenters. The van der Waals surface area contributed by atoms with Gasteiger partial charge in [0.15, 0.2) is 0 Å². The van der Waals surface area contributed by atoms with Crippen LogP contribution >= 0.6 is 8.46 Å². The predicted octanol–water partition coefficient (Wildman–Crippen LogP) is 7.33. The van der Waals surface area contributed by atoms with Crippen molar-refractivity contribution in [2.45, 2.75) is 89.8 Å². The van der Waals surface area contributed by atoms with Gasteiger partial charge < -0.3 is 15.4 Å². The maximum Gasteiger partial charge on any atom is 0.410 e. The molecule has 0 bridgehead atoms. The molecule has 1 fully saturated rings. The molecule has 11 heteroatoms. The highest BCUT2D eigenvalue weighted by atomic mass is 31.1. The summed E-state index contributed by atoms with van der Waals surface area (Å²) in [4.78, 5) is 57.4. The van der Waals surface area contributed by atoms with Gasteiger partial charge >= 0.3 is 14.6 Å². The number of rotatable bonds is 19. The maximum atomic E-state index is 14.4. The molecule has 1 aliphatic heterocycles. The first kappa shape index (κ1) is 39.2. The normalized spacial score (nSPS) is 15.3. The number of carbonyl (C=O) groups is 4. The number of nitrogens with zero attached hydrogens (tertiary/aromatic N) is 2. The van der Waals surface area contributed by atoms with Crippen LogP contribution in [0.2, 0.25) is 0 Å². The number of carbonyl (C=O) groups excluding carboxylic acids is 4. The molecule has 2 N–H and O–H groups in total. The largest absolute Gasteiger partial charge is 0.445 e. The van der Waals surface area contributed by atoms with Crippen LogP contribution in [-0.4, -0.2) is 64.6 Å². The van der Waals surface area contributed by atoms with Crippen molar-refractivity contribution >= 4 is 38.0 Å². The van der Waals surface area contributed by atoms with E-state index in [1.165, 1.54) is 4.90 Å². The van der Waals surface area contributed by atoms with E-state index in [0.717, 1.165) is 17.5 Å². The average molecular weight is 716 g/mol. The molecule has 0 saturated carbocycles. The summed E-state index contributed by atoms with van der Waals surface area (Å²) in [7, 11) is -0.793. The van der Waals surface area contributed by atoms with Gasteiger partial charge in [0.2, 0.25) is 18.1 Å². The number of benzene rings is 3. The van der Waals surface area contributed by atoms with Gasteiger partial charge in [-0.15, -0.1) is 0 Å². The van der Waals surface area contributed by atoms with Gasteiger partial charge in [-0.2, -0.15) is 0 Å². The van der Waals surface area contributed by atoms with E-state index in [4.69, 9.17) is 4.74 Å². The summed E-state index contributed by atoms with van der Waals surface area (Å²) in [5.74, 6) is -0.693. The summed E-state index contributed by atoms with van der Waals surface area (Å²) < 4.78 is 17.7. The first-order chi connectivity index (χ1) is 24.7. The van der Waals surface area contributed by atoms with Crippen molar-refractivity contribution in [2.24, 2.45) is 5.92 Å². The lowest BCUT2D eigenvalue weighted by atomic mass is 9.81. The Balaban J connectivity index is 1.42. The van der Waals surface area contributed by atoms with Gasteiger partial charge in [-0.3, -0.25) is 24.2 Å². The summed E-state index contributed by atoms with van der Waals surface area (Å²) >= 11 is 0. The number of aryl methyl sites for hydroxylation is 1. The third kappa shape index (κ3) is 11.7. The number of anilines is 1. The first-order valence-electron chi connectivity index (χ1n) is 18.0. The Bertz CT molecular complexity index is 1560. The van der Waals surface area contributed by atoms with Gasteiger partial charge in [0, 0.05) is 25.2 Å². The lowest BCUT2D eigenvalue weighted by Gasteiger charge is -2.42. The minimum absolute atomic E-state index is 0.0479. The van der Waals surface area contributed by atoms with Gasteiger partial charge in [0.05, 0.1) is 0 Å². The van der Waals surface area contributed by atoms with Crippen molar-refractivity contribution in [2.75, 3.05) is 24.7 Å². The number of unbranched alkanes of at least 4 members (excludes halogenated alkanes) is 1. The molecule has 4 amide bonds. The Morgan fingerprint density at radius 1 is 0.902 bits per heavy atom. The van der Waals surface area contributed by atoms with Crippen LogP contribution in [0.3, 0.4) is 0 Å². The fourth-order valence-corrected chi connectivity index (χ4v) is 7.43. The van der Waals surface area contributed by atoms with E-state index in [9.17, 15) is 23.7 Å². The third-order valence-electron chi connectivity index (χ3n) is 9.25. The quantitative estimate of drug-likeness (QED) is 0.0990. The Morgan fingerprint density at radius 3 is 2.20 bits per heavy atom. The third-order valence-corrected chi connectivity index (χ3v) is 9.70. The zero-order valence-corrected chi connectivity index (χ0v) is 30.9. The summed E-state index contributed by atoms with van der Waals surface area (Å²) in [6.45, 7) is 4.96. The molecule has 1 aliphatic rings. The van der Waals surface area contributed by atoms with Gasteiger partial charge in [0.1, 0.15) is 18.2 Å². The summed E-state index contributed by atoms with van der Waals surface area (Å²) in [5.41, 5.74) is 1.37. The zero-order valence-electron chi connectivity index (χ0n) is 29.9. The van der Waals surface area contributed by atoms with E-state index in [1.54, 1.807) is 17.0 Å². The van der Waals surface area contributed by atoms with E-state index in [2.05, 4.69) is 10.6 Å². The molecule has 0 aliphatic carbocycles. The maximum absolute atomic E-state index is 14.4. The smallest absolute Gasteiger partial charge is 0.410 e. The predicted molar refractivity (Wildman–Crippen MR) is 201 cm³/mol. The van der Waals surface area contributed by atoms with E-state index in [1.807, 2.05) is 92.7 Å². The molecule has 51 heavy (non-hydrogen) atoms. The highest BCUT2D eigenvalue weighted by molar-refractivity contribution is 7.23. The lowest BCUT2D eigenvalue weighted by molar-refractivity contribution is -0.146. The zero-order chi connectivity index (χ0) is 36.5.